The van der Waals surface area contributed by atoms with Gasteiger partial charge in [0.2, 0.25) is 5.91 Å². The molecular weight excluding hydrogens is 400 g/mol. The van der Waals surface area contributed by atoms with Crippen molar-refractivity contribution >= 4 is 11.9 Å². The summed E-state index contributed by atoms with van der Waals surface area (Å²) in [6, 6.07) is 20.1. The Labute approximate surface area is 190 Å². The molecule has 168 valence electrons. The third-order valence-corrected chi connectivity index (χ3v) is 5.78. The molecule has 5 nitrogen and oxygen atoms in total. The third kappa shape index (κ3) is 5.28. The molecule has 0 radical (unpaired) electrons. The summed E-state index contributed by atoms with van der Waals surface area (Å²) in [6.45, 7) is 8.11. The highest BCUT2D eigenvalue weighted by Crippen LogP contribution is 2.31. The first-order chi connectivity index (χ1) is 15.5. The number of rotatable bonds is 9. The molecule has 1 amide bonds. The quantitative estimate of drug-likeness (QED) is 0.479. The van der Waals surface area contributed by atoms with E-state index in [4.69, 9.17) is 4.74 Å². The molecule has 2 aromatic carbocycles. The van der Waals surface area contributed by atoms with Crippen molar-refractivity contribution in [2.45, 2.75) is 53.1 Å². The van der Waals surface area contributed by atoms with Crippen molar-refractivity contribution in [3.63, 3.8) is 0 Å². The zero-order valence-electron chi connectivity index (χ0n) is 19.4. The van der Waals surface area contributed by atoms with E-state index in [1.54, 1.807) is 6.92 Å². The van der Waals surface area contributed by atoms with Gasteiger partial charge >= 0.3 is 5.97 Å². The van der Waals surface area contributed by atoms with E-state index >= 15 is 0 Å². The van der Waals surface area contributed by atoms with Gasteiger partial charge in [-0.05, 0) is 50.3 Å². The number of hydrogen-bond donors (Lipinski definition) is 1. The van der Waals surface area contributed by atoms with Gasteiger partial charge in [-0.1, -0.05) is 67.6 Å². The fourth-order valence-corrected chi connectivity index (χ4v) is 4.18. The van der Waals surface area contributed by atoms with Crippen molar-refractivity contribution in [3.8, 4) is 11.3 Å². The van der Waals surface area contributed by atoms with Crippen molar-refractivity contribution in [2.24, 2.45) is 0 Å². The molecule has 3 aromatic rings. The number of carbonyl (C=O) groups excluding carboxylic acids is 2. The summed E-state index contributed by atoms with van der Waals surface area (Å²) in [5, 5.41) is 3.18. The highest BCUT2D eigenvalue weighted by Gasteiger charge is 2.25. The molecule has 0 fully saturated rings. The lowest BCUT2D eigenvalue weighted by Crippen LogP contribution is -2.38. The highest BCUT2D eigenvalue weighted by atomic mass is 16.5. The van der Waals surface area contributed by atoms with E-state index in [0.29, 0.717) is 12.2 Å². The van der Waals surface area contributed by atoms with Crippen molar-refractivity contribution in [1.29, 1.82) is 0 Å². The number of aromatic nitrogens is 1. The van der Waals surface area contributed by atoms with Gasteiger partial charge in [-0.2, -0.15) is 0 Å². The lowest BCUT2D eigenvalue weighted by Gasteiger charge is -2.19. The van der Waals surface area contributed by atoms with Gasteiger partial charge in [0.25, 0.3) is 0 Å². The molecule has 1 heterocycles. The summed E-state index contributed by atoms with van der Waals surface area (Å²) in [6.07, 6.45) is 1.62. The summed E-state index contributed by atoms with van der Waals surface area (Å²) in [7, 11) is 0. The van der Waals surface area contributed by atoms with Gasteiger partial charge in [-0.3, -0.25) is 4.79 Å². The first-order valence-electron chi connectivity index (χ1n) is 11.2. The molecule has 3 rings (SSSR count). The van der Waals surface area contributed by atoms with Gasteiger partial charge in [-0.15, -0.1) is 0 Å². The second-order valence-corrected chi connectivity index (χ2v) is 7.97. The summed E-state index contributed by atoms with van der Waals surface area (Å²) < 4.78 is 7.23. The number of carbonyl (C=O) groups is 2. The first kappa shape index (κ1) is 23.3. The van der Waals surface area contributed by atoms with Crippen molar-refractivity contribution < 1.29 is 14.3 Å². The fourth-order valence-electron chi connectivity index (χ4n) is 4.18. The molecule has 1 aromatic heterocycles. The molecule has 0 aliphatic carbocycles. The van der Waals surface area contributed by atoms with E-state index < -0.39 is 0 Å². The fraction of sp³-hybridized carbons (Fsp3) is 0.333. The summed E-state index contributed by atoms with van der Waals surface area (Å²) in [4.78, 5) is 25.7. The zero-order chi connectivity index (χ0) is 23.1. The van der Waals surface area contributed by atoms with Gasteiger partial charge in [-0.25, -0.2) is 4.79 Å². The minimum absolute atomic E-state index is 0.0477. The van der Waals surface area contributed by atoms with Crippen LogP contribution in [0, 0.1) is 13.8 Å². The van der Waals surface area contributed by atoms with Crippen molar-refractivity contribution in [1.82, 2.24) is 9.88 Å². The molecule has 0 aliphatic heterocycles. The van der Waals surface area contributed by atoms with E-state index in [2.05, 4.69) is 24.4 Å². The Morgan fingerprint density at radius 1 is 0.969 bits per heavy atom. The van der Waals surface area contributed by atoms with E-state index in [1.807, 2.05) is 66.9 Å². The number of hydrogen-bond acceptors (Lipinski definition) is 3. The van der Waals surface area contributed by atoms with Gasteiger partial charge in [0.1, 0.15) is 6.54 Å². The van der Waals surface area contributed by atoms with Gasteiger partial charge in [0.05, 0.1) is 17.9 Å². The molecule has 0 spiro atoms. The Hall–Kier alpha value is -3.34. The summed E-state index contributed by atoms with van der Waals surface area (Å²) >= 11 is 0. The van der Waals surface area contributed by atoms with E-state index in [-0.39, 0.29) is 24.5 Å². The lowest BCUT2D eigenvalue weighted by molar-refractivity contribution is -0.122. The summed E-state index contributed by atoms with van der Waals surface area (Å²) in [5.74, 6) is -0.423. The smallest absolute Gasteiger partial charge is 0.340 e. The minimum Gasteiger partial charge on any atom is -0.462 e. The van der Waals surface area contributed by atoms with Crippen LogP contribution in [0.3, 0.4) is 0 Å². The van der Waals surface area contributed by atoms with Gasteiger partial charge in [0, 0.05) is 11.7 Å². The number of benzene rings is 2. The van der Waals surface area contributed by atoms with Crippen LogP contribution in [0.1, 0.15) is 47.4 Å². The standard InChI is InChI=1S/C27H32N2O3/c1-5-23(17-21-13-9-7-10-14-21)28-24(30)18-29-20(4)25(27(31)32-6-2)19(3)26(29)22-15-11-8-12-16-22/h7-16,23H,5-6,17-18H2,1-4H3,(H,28,30). The normalized spacial score (nSPS) is 11.8. The zero-order valence-corrected chi connectivity index (χ0v) is 19.4. The van der Waals surface area contributed by atoms with Crippen molar-refractivity contribution in [3.05, 3.63) is 83.0 Å². The van der Waals surface area contributed by atoms with E-state index in [9.17, 15) is 9.59 Å². The second kappa shape index (κ2) is 10.8. The number of nitrogens with zero attached hydrogens (tertiary/aromatic N) is 1. The van der Waals surface area contributed by atoms with Gasteiger partial charge in [0.15, 0.2) is 0 Å². The highest BCUT2D eigenvalue weighted by molar-refractivity contribution is 5.95. The monoisotopic (exact) mass is 432 g/mol. The minimum atomic E-state index is -0.352. The number of nitrogens with one attached hydrogen (secondary N) is 1. The Balaban J connectivity index is 1.89. The molecule has 1 unspecified atom stereocenters. The molecule has 1 N–H and O–H groups in total. The Morgan fingerprint density at radius 2 is 1.59 bits per heavy atom. The Morgan fingerprint density at radius 3 is 2.19 bits per heavy atom. The van der Waals surface area contributed by atoms with E-state index in [1.165, 1.54) is 5.56 Å². The molecule has 1 atom stereocenters. The third-order valence-electron chi connectivity index (χ3n) is 5.78. The predicted octanol–water partition coefficient (Wildman–Crippen LogP) is 5.09. The molecule has 32 heavy (non-hydrogen) atoms. The van der Waals surface area contributed by atoms with Crippen LogP contribution in [-0.2, 0) is 22.5 Å². The van der Waals surface area contributed by atoms with Crippen LogP contribution in [0.2, 0.25) is 0 Å². The van der Waals surface area contributed by atoms with Crippen LogP contribution in [0.15, 0.2) is 60.7 Å². The van der Waals surface area contributed by atoms with Crippen LogP contribution in [-0.4, -0.2) is 29.1 Å². The summed E-state index contributed by atoms with van der Waals surface area (Å²) in [5.41, 5.74) is 5.14. The van der Waals surface area contributed by atoms with Crippen LogP contribution in [0.4, 0.5) is 0 Å². The van der Waals surface area contributed by atoms with E-state index in [0.717, 1.165) is 35.4 Å². The largest absolute Gasteiger partial charge is 0.462 e. The number of ether oxygens (including phenoxy) is 1. The second-order valence-electron chi connectivity index (χ2n) is 7.97. The Bertz CT molecular complexity index is 1060. The lowest BCUT2D eigenvalue weighted by atomic mass is 10.0. The number of esters is 1. The maximum absolute atomic E-state index is 13.1. The Kier molecular flexibility index (Phi) is 7.87. The van der Waals surface area contributed by atoms with Crippen LogP contribution < -0.4 is 5.32 Å². The van der Waals surface area contributed by atoms with Gasteiger partial charge < -0.3 is 14.6 Å². The van der Waals surface area contributed by atoms with Crippen molar-refractivity contribution in [2.75, 3.05) is 6.61 Å². The topological polar surface area (TPSA) is 60.3 Å². The average molecular weight is 433 g/mol. The van der Waals surface area contributed by atoms with Crippen LogP contribution >= 0.6 is 0 Å². The predicted molar refractivity (Wildman–Crippen MR) is 128 cm³/mol. The van der Waals surface area contributed by atoms with Crippen LogP contribution in [0.25, 0.3) is 11.3 Å². The molecule has 0 saturated carbocycles. The average Bonchev–Trinajstić information content (AvgIpc) is 3.04. The van der Waals surface area contributed by atoms with Crippen LogP contribution in [0.5, 0.6) is 0 Å². The molecule has 0 saturated heterocycles. The molecular formula is C27H32N2O3. The molecule has 0 aliphatic rings. The maximum atomic E-state index is 13.1. The SMILES string of the molecule is CCOC(=O)c1c(C)c(-c2ccccc2)n(CC(=O)NC(CC)Cc2ccccc2)c1C. The molecule has 5 heteroatoms. The molecule has 0 bridgehead atoms. The maximum Gasteiger partial charge on any atom is 0.340 e. The number of amides is 1. The first-order valence-corrected chi connectivity index (χ1v) is 11.2.